The Morgan fingerprint density at radius 1 is 1.11 bits per heavy atom. The fraction of sp³-hybridized carbons (Fsp3) is 0.200. The van der Waals surface area contributed by atoms with Crippen LogP contribution in [0.5, 0.6) is 0 Å². The summed E-state index contributed by atoms with van der Waals surface area (Å²) in [5.41, 5.74) is 9.00. The van der Waals surface area contributed by atoms with Gasteiger partial charge in [0, 0.05) is 31.4 Å². The molecule has 0 radical (unpaired) electrons. The summed E-state index contributed by atoms with van der Waals surface area (Å²) in [6.07, 6.45) is 3.11. The highest BCUT2D eigenvalue weighted by Crippen LogP contribution is 2.25. The van der Waals surface area contributed by atoms with E-state index in [4.69, 9.17) is 5.11 Å². The van der Waals surface area contributed by atoms with Crippen molar-refractivity contribution in [2.75, 3.05) is 18.4 Å². The molecule has 2 atom stereocenters. The third kappa shape index (κ3) is 3.98. The summed E-state index contributed by atoms with van der Waals surface area (Å²) in [6.45, 7) is 1.51. The molecular formula is C20H20N6O2. The molecule has 28 heavy (non-hydrogen) atoms. The molecule has 0 spiro atoms. The van der Waals surface area contributed by atoms with Gasteiger partial charge in [-0.3, -0.25) is 10.4 Å². The summed E-state index contributed by atoms with van der Waals surface area (Å²) in [5.74, 6) is -0.189. The Hall–Kier alpha value is -3.36. The van der Waals surface area contributed by atoms with E-state index in [1.165, 1.54) is 23.9 Å². The number of hydrogen-bond acceptors (Lipinski definition) is 7. The molecule has 0 bridgehead atoms. The van der Waals surface area contributed by atoms with E-state index in [9.17, 15) is 4.79 Å². The molecule has 1 saturated heterocycles. The molecule has 4 rings (SSSR count). The third-order valence-electron chi connectivity index (χ3n) is 4.70. The summed E-state index contributed by atoms with van der Waals surface area (Å²) in [6, 6.07) is 15.2. The van der Waals surface area contributed by atoms with Gasteiger partial charge in [0.05, 0.1) is 23.0 Å². The molecule has 1 aliphatic rings. The zero-order valence-corrected chi connectivity index (χ0v) is 15.0. The normalized spacial score (nSPS) is 18.7. The first kappa shape index (κ1) is 18.0. The molecule has 3 aromatic rings. The lowest BCUT2D eigenvalue weighted by Crippen LogP contribution is -2.26. The number of anilines is 1. The lowest BCUT2D eigenvalue weighted by Gasteiger charge is -2.19. The predicted molar refractivity (Wildman–Crippen MR) is 105 cm³/mol. The van der Waals surface area contributed by atoms with Crippen molar-refractivity contribution in [3.8, 4) is 11.4 Å². The average Bonchev–Trinajstić information content (AvgIpc) is 3.22. The number of pyridine rings is 1. The molecule has 8 heteroatoms. The Bertz CT molecular complexity index is 966. The summed E-state index contributed by atoms with van der Waals surface area (Å²) < 4.78 is 0. The van der Waals surface area contributed by atoms with E-state index in [0.29, 0.717) is 29.8 Å². The summed E-state index contributed by atoms with van der Waals surface area (Å²) in [7, 11) is 0. The second kappa shape index (κ2) is 8.12. The Labute approximate surface area is 162 Å². The number of aromatic nitrogens is 3. The van der Waals surface area contributed by atoms with Crippen LogP contribution in [0.25, 0.3) is 11.4 Å². The first-order chi connectivity index (χ1) is 13.7. The van der Waals surface area contributed by atoms with Crippen LogP contribution in [0, 0.1) is 5.92 Å². The average molecular weight is 376 g/mol. The highest BCUT2D eigenvalue weighted by atomic mass is 16.4. The topological polar surface area (TPSA) is 112 Å². The number of carboxylic acid groups (broad SMARTS) is 1. The standard InChI is InChI=1S/C20H20N6O2/c27-19(28)14-6-8-21-17(10-14)16-7-9-22-20(25-16)23-11-15-12-24-26-18(15)13-4-2-1-3-5-13/h1-10,15,18,24,26H,11-12H2,(H,27,28)(H,22,23,25). The highest BCUT2D eigenvalue weighted by Gasteiger charge is 2.28. The molecule has 0 aliphatic carbocycles. The lowest BCUT2D eigenvalue weighted by atomic mass is 9.95. The second-order valence-electron chi connectivity index (χ2n) is 6.55. The van der Waals surface area contributed by atoms with Crippen LogP contribution in [0.1, 0.15) is 22.0 Å². The van der Waals surface area contributed by atoms with Gasteiger partial charge in [0.15, 0.2) is 0 Å². The van der Waals surface area contributed by atoms with E-state index in [0.717, 1.165) is 6.54 Å². The fourth-order valence-corrected chi connectivity index (χ4v) is 3.25. The van der Waals surface area contributed by atoms with Crippen molar-refractivity contribution in [1.29, 1.82) is 0 Å². The Morgan fingerprint density at radius 3 is 2.75 bits per heavy atom. The summed E-state index contributed by atoms with van der Waals surface area (Å²) in [5, 5.41) is 12.4. The zero-order chi connectivity index (χ0) is 19.3. The molecule has 2 aromatic heterocycles. The van der Waals surface area contributed by atoms with Crippen molar-refractivity contribution in [3.63, 3.8) is 0 Å². The van der Waals surface area contributed by atoms with Crippen LogP contribution in [0.15, 0.2) is 60.9 Å². The number of nitrogens with one attached hydrogen (secondary N) is 3. The molecule has 4 N–H and O–H groups in total. The van der Waals surface area contributed by atoms with Crippen LogP contribution in [0.3, 0.4) is 0 Å². The molecule has 0 saturated carbocycles. The smallest absolute Gasteiger partial charge is 0.335 e. The van der Waals surface area contributed by atoms with E-state index < -0.39 is 5.97 Å². The first-order valence-corrected chi connectivity index (χ1v) is 9.00. The molecule has 8 nitrogen and oxygen atoms in total. The molecular weight excluding hydrogens is 356 g/mol. The van der Waals surface area contributed by atoms with Gasteiger partial charge in [0.1, 0.15) is 0 Å². The molecule has 142 valence electrons. The van der Waals surface area contributed by atoms with Crippen molar-refractivity contribution in [2.24, 2.45) is 5.92 Å². The number of aromatic carboxylic acids is 1. The van der Waals surface area contributed by atoms with E-state index in [1.807, 2.05) is 18.2 Å². The monoisotopic (exact) mass is 376 g/mol. The van der Waals surface area contributed by atoms with Crippen molar-refractivity contribution in [2.45, 2.75) is 6.04 Å². The van der Waals surface area contributed by atoms with E-state index >= 15 is 0 Å². The van der Waals surface area contributed by atoms with Crippen LogP contribution in [0.2, 0.25) is 0 Å². The van der Waals surface area contributed by atoms with Crippen molar-refractivity contribution < 1.29 is 9.90 Å². The van der Waals surface area contributed by atoms with E-state index in [1.54, 1.807) is 12.3 Å². The number of carbonyl (C=O) groups is 1. The summed E-state index contributed by atoms with van der Waals surface area (Å²) >= 11 is 0. The Kier molecular flexibility index (Phi) is 5.22. The number of hydrogen-bond donors (Lipinski definition) is 4. The number of carboxylic acids is 1. The highest BCUT2D eigenvalue weighted by molar-refractivity contribution is 5.88. The molecule has 1 fully saturated rings. The predicted octanol–water partition coefficient (Wildman–Crippen LogP) is 2.11. The molecule has 3 heterocycles. The summed E-state index contributed by atoms with van der Waals surface area (Å²) in [4.78, 5) is 24.1. The van der Waals surface area contributed by atoms with Gasteiger partial charge in [-0.2, -0.15) is 0 Å². The van der Waals surface area contributed by atoms with Gasteiger partial charge in [-0.25, -0.2) is 20.2 Å². The van der Waals surface area contributed by atoms with E-state index in [-0.39, 0.29) is 11.6 Å². The number of nitrogens with zero attached hydrogens (tertiary/aromatic N) is 3. The van der Waals surface area contributed by atoms with Gasteiger partial charge >= 0.3 is 5.97 Å². The number of benzene rings is 1. The zero-order valence-electron chi connectivity index (χ0n) is 15.0. The van der Waals surface area contributed by atoms with Crippen LogP contribution >= 0.6 is 0 Å². The maximum Gasteiger partial charge on any atom is 0.335 e. The van der Waals surface area contributed by atoms with Crippen LogP contribution in [0.4, 0.5) is 5.95 Å². The van der Waals surface area contributed by atoms with Gasteiger partial charge in [0.25, 0.3) is 0 Å². The van der Waals surface area contributed by atoms with Gasteiger partial charge in [-0.15, -0.1) is 0 Å². The minimum atomic E-state index is -0.996. The number of hydrazine groups is 1. The molecule has 0 amide bonds. The SMILES string of the molecule is O=C(O)c1ccnc(-c2ccnc(NCC3CNNC3c3ccccc3)n2)c1. The van der Waals surface area contributed by atoms with Crippen LogP contribution in [-0.4, -0.2) is 39.1 Å². The molecule has 1 aromatic carbocycles. The minimum absolute atomic E-state index is 0.173. The quantitative estimate of drug-likeness (QED) is 0.518. The largest absolute Gasteiger partial charge is 0.478 e. The Morgan fingerprint density at radius 2 is 1.93 bits per heavy atom. The van der Waals surface area contributed by atoms with Gasteiger partial charge < -0.3 is 10.4 Å². The van der Waals surface area contributed by atoms with Crippen LogP contribution in [-0.2, 0) is 0 Å². The fourth-order valence-electron chi connectivity index (χ4n) is 3.25. The van der Waals surface area contributed by atoms with Crippen molar-refractivity contribution in [1.82, 2.24) is 25.8 Å². The second-order valence-corrected chi connectivity index (χ2v) is 6.55. The number of rotatable bonds is 6. The van der Waals surface area contributed by atoms with Crippen molar-refractivity contribution >= 4 is 11.9 Å². The maximum absolute atomic E-state index is 11.2. The van der Waals surface area contributed by atoms with Crippen LogP contribution < -0.4 is 16.2 Å². The molecule has 2 unspecified atom stereocenters. The minimum Gasteiger partial charge on any atom is -0.478 e. The van der Waals surface area contributed by atoms with Gasteiger partial charge in [0.2, 0.25) is 5.95 Å². The lowest BCUT2D eigenvalue weighted by molar-refractivity contribution is 0.0697. The molecule has 1 aliphatic heterocycles. The third-order valence-corrected chi connectivity index (χ3v) is 4.70. The first-order valence-electron chi connectivity index (χ1n) is 9.00. The maximum atomic E-state index is 11.2. The Balaban J connectivity index is 1.47. The van der Waals surface area contributed by atoms with E-state index in [2.05, 4.69) is 43.3 Å². The van der Waals surface area contributed by atoms with Crippen molar-refractivity contribution in [3.05, 3.63) is 72.1 Å². The van der Waals surface area contributed by atoms with Gasteiger partial charge in [-0.05, 0) is 23.8 Å². The van der Waals surface area contributed by atoms with Gasteiger partial charge in [-0.1, -0.05) is 30.3 Å².